The summed E-state index contributed by atoms with van der Waals surface area (Å²) in [5, 5.41) is 7.68. The lowest BCUT2D eigenvalue weighted by Gasteiger charge is -2.18. The van der Waals surface area contributed by atoms with Crippen LogP contribution >= 0.6 is 0 Å². The number of hydrogen-bond donors (Lipinski definition) is 0. The minimum Gasteiger partial charge on any atom is -0.126 e. The maximum Gasteiger partial charge on any atom is 0.132 e. The van der Waals surface area contributed by atoms with Crippen molar-refractivity contribution in [2.45, 2.75) is 233 Å². The van der Waals surface area contributed by atoms with Crippen LogP contribution in [0.4, 0.5) is 0 Å². The quantitative estimate of drug-likeness (QED) is 0.0284. The third-order valence-electron chi connectivity index (χ3n) is 13.7. The average molecular weight is 924 g/mol. The molecule has 0 unspecified atom stereocenters. The highest BCUT2D eigenvalue weighted by Gasteiger charge is 2.23. The van der Waals surface area contributed by atoms with Gasteiger partial charge in [-0.2, -0.15) is 0 Å². The Hall–Kier alpha value is -2.97. The van der Waals surface area contributed by atoms with Gasteiger partial charge in [-0.15, -0.1) is 22.2 Å². The second-order valence-electron chi connectivity index (χ2n) is 22.2. The van der Waals surface area contributed by atoms with Crippen molar-refractivity contribution in [2.75, 3.05) is 0 Å². The summed E-state index contributed by atoms with van der Waals surface area (Å²) >= 11 is 0. The van der Waals surface area contributed by atoms with Gasteiger partial charge in [-0.25, -0.2) is 0 Å². The lowest BCUT2D eigenvalue weighted by Crippen LogP contribution is -2.23. The van der Waals surface area contributed by atoms with E-state index in [1.165, 1.54) is 185 Å². The van der Waals surface area contributed by atoms with Crippen molar-refractivity contribution in [1.29, 1.82) is 0 Å². The van der Waals surface area contributed by atoms with Crippen LogP contribution in [0.5, 0.6) is 0 Å². The molecule has 0 saturated heterocycles. The van der Waals surface area contributed by atoms with Crippen molar-refractivity contribution in [2.24, 2.45) is 0 Å². The lowest BCUT2D eigenvalue weighted by molar-refractivity contribution is 0.653. The molecule has 0 N–H and O–H groups in total. The van der Waals surface area contributed by atoms with E-state index in [1.54, 1.807) is 0 Å². The molecular weight excluding hydrogens is 833 g/mol. The SMILES string of the molecule is CCCCCCC[Si](C)(C)C#Cc1cc(C#C[Si](C)(C)CCCCCCC)c2ccc3c(C#C[Si](C)(C)CCCCCCC)cc(C#C[Si](C)(C)CCCCCCC)c4ccc1c2c43. The monoisotopic (exact) mass is 923 g/mol. The summed E-state index contributed by atoms with van der Waals surface area (Å²) in [5.74, 6) is 15.5. The highest BCUT2D eigenvalue weighted by molar-refractivity contribution is 6.86. The molecule has 4 rings (SSSR count). The molecule has 0 saturated carbocycles. The van der Waals surface area contributed by atoms with Gasteiger partial charge in [-0.3, -0.25) is 0 Å². The van der Waals surface area contributed by atoms with E-state index in [1.807, 2.05) is 0 Å². The van der Waals surface area contributed by atoms with Crippen molar-refractivity contribution >= 4 is 64.6 Å². The smallest absolute Gasteiger partial charge is 0.126 e. The molecule has 0 spiro atoms. The molecule has 0 amide bonds. The Morgan fingerprint density at radius 3 is 0.703 bits per heavy atom. The van der Waals surface area contributed by atoms with Gasteiger partial charge in [0.05, 0.1) is 0 Å². The van der Waals surface area contributed by atoms with Crippen LogP contribution in [0, 0.1) is 45.9 Å². The van der Waals surface area contributed by atoms with Crippen LogP contribution in [0.15, 0.2) is 36.4 Å². The average Bonchev–Trinajstić information content (AvgIpc) is 3.25. The highest BCUT2D eigenvalue weighted by Crippen LogP contribution is 2.40. The van der Waals surface area contributed by atoms with E-state index >= 15 is 0 Å². The van der Waals surface area contributed by atoms with Crippen LogP contribution < -0.4 is 0 Å². The van der Waals surface area contributed by atoms with Crippen LogP contribution in [0.25, 0.3) is 32.3 Å². The molecule has 0 aromatic heterocycles. The summed E-state index contributed by atoms with van der Waals surface area (Å²) in [6.07, 6.45) is 26.4. The molecule has 0 aliphatic heterocycles. The van der Waals surface area contributed by atoms with Crippen LogP contribution in [-0.4, -0.2) is 32.3 Å². The largest absolute Gasteiger partial charge is 0.132 e. The first kappa shape index (κ1) is 53.6. The van der Waals surface area contributed by atoms with Crippen molar-refractivity contribution in [3.63, 3.8) is 0 Å². The van der Waals surface area contributed by atoms with Gasteiger partial charge in [0.2, 0.25) is 0 Å². The van der Waals surface area contributed by atoms with Crippen LogP contribution in [0.2, 0.25) is 76.6 Å². The minimum atomic E-state index is -1.73. The first-order chi connectivity index (χ1) is 30.6. The van der Waals surface area contributed by atoms with E-state index < -0.39 is 32.3 Å². The highest BCUT2D eigenvalue weighted by atomic mass is 28.3. The normalized spacial score (nSPS) is 12.1. The number of benzene rings is 4. The summed E-state index contributed by atoms with van der Waals surface area (Å²) in [5.41, 5.74) is 20.4. The van der Waals surface area contributed by atoms with Gasteiger partial charge in [0, 0.05) is 22.3 Å². The second-order valence-corrected chi connectivity index (χ2v) is 40.3. The van der Waals surface area contributed by atoms with Gasteiger partial charge in [-0.1, -0.05) is 256 Å². The fraction of sp³-hybridized carbons (Fsp3) is 0.600. The molecule has 0 nitrogen and oxygen atoms in total. The summed E-state index contributed by atoms with van der Waals surface area (Å²) in [6.45, 7) is 29.1. The van der Waals surface area contributed by atoms with Gasteiger partial charge in [0.1, 0.15) is 32.3 Å². The lowest BCUT2D eigenvalue weighted by atomic mass is 9.86. The minimum absolute atomic E-state index is 1.15. The molecule has 0 heterocycles. The predicted octanol–water partition coefficient (Wildman–Crippen LogP) is 18.9. The fourth-order valence-electron chi connectivity index (χ4n) is 9.28. The van der Waals surface area contributed by atoms with Crippen molar-refractivity contribution in [3.8, 4) is 45.9 Å². The molecule has 4 aromatic rings. The van der Waals surface area contributed by atoms with E-state index in [0.29, 0.717) is 0 Å². The third kappa shape index (κ3) is 17.4. The topological polar surface area (TPSA) is 0 Å². The molecule has 0 atom stereocenters. The Morgan fingerprint density at radius 1 is 0.297 bits per heavy atom. The molecule has 0 fully saturated rings. The van der Waals surface area contributed by atoms with E-state index in [9.17, 15) is 0 Å². The first-order valence-electron chi connectivity index (χ1n) is 26.5. The van der Waals surface area contributed by atoms with Crippen molar-refractivity contribution in [3.05, 3.63) is 58.7 Å². The molecule has 0 aliphatic rings. The van der Waals surface area contributed by atoms with Gasteiger partial charge in [-0.05, 0) is 68.6 Å². The van der Waals surface area contributed by atoms with E-state index in [4.69, 9.17) is 0 Å². The third-order valence-corrected chi connectivity index (χ3v) is 23.3. The summed E-state index contributed by atoms with van der Waals surface area (Å²) < 4.78 is 0. The summed E-state index contributed by atoms with van der Waals surface area (Å²) in [7, 11) is -6.92. The molecule has 0 bridgehead atoms. The maximum atomic E-state index is 3.95. The molecule has 0 radical (unpaired) electrons. The zero-order valence-corrected chi connectivity index (χ0v) is 47.4. The van der Waals surface area contributed by atoms with Gasteiger partial charge >= 0.3 is 0 Å². The fourth-order valence-corrected chi connectivity index (χ4v) is 16.2. The zero-order valence-electron chi connectivity index (χ0n) is 43.4. The van der Waals surface area contributed by atoms with E-state index in [-0.39, 0.29) is 0 Å². The van der Waals surface area contributed by atoms with Gasteiger partial charge in [0.15, 0.2) is 0 Å². The Morgan fingerprint density at radius 2 is 0.500 bits per heavy atom. The number of hydrogen-bond acceptors (Lipinski definition) is 0. The predicted molar refractivity (Wildman–Crippen MR) is 302 cm³/mol. The summed E-state index contributed by atoms with van der Waals surface area (Å²) in [4.78, 5) is 0. The second kappa shape index (κ2) is 26.4. The van der Waals surface area contributed by atoms with Gasteiger partial charge < -0.3 is 0 Å². The Balaban J connectivity index is 1.96. The molecular formula is C60H90Si4. The van der Waals surface area contributed by atoms with E-state index in [2.05, 4.69) is 162 Å². The Bertz CT molecular complexity index is 2010. The van der Waals surface area contributed by atoms with Crippen LogP contribution in [0.1, 0.15) is 178 Å². The molecule has 4 heteroatoms. The van der Waals surface area contributed by atoms with Crippen LogP contribution in [-0.2, 0) is 0 Å². The first-order valence-corrected chi connectivity index (χ1v) is 39.3. The number of rotatable bonds is 24. The van der Waals surface area contributed by atoms with Crippen molar-refractivity contribution < 1.29 is 0 Å². The zero-order chi connectivity index (χ0) is 46.6. The number of unbranched alkanes of at least 4 members (excludes halogenated alkanes) is 16. The summed E-state index contributed by atoms with van der Waals surface area (Å²) in [6, 6.07) is 19.3. The molecule has 0 aliphatic carbocycles. The van der Waals surface area contributed by atoms with Gasteiger partial charge in [0.25, 0.3) is 0 Å². The molecule has 346 valence electrons. The van der Waals surface area contributed by atoms with Crippen LogP contribution in [0.3, 0.4) is 0 Å². The standard InChI is InChI=1S/C60H90Si4/c1-13-17-21-25-29-41-61(5,6)45-37-51-49-52(38-46-62(7,8)42-30-26-22-18-14-2)56-35-36-58-54(40-48-64(11,12)44-32-28-24-20-16-4)50-53(57-34-33-55(51)59(56)60(57)58)39-47-63(9,10)43-31-27-23-19-15-3/h33-36,49-50H,13-32,41-44H2,1-12H3. The Kier molecular flexibility index (Phi) is 22.1. The van der Waals surface area contributed by atoms with E-state index in [0.717, 1.165) is 22.3 Å². The van der Waals surface area contributed by atoms with Crippen molar-refractivity contribution in [1.82, 2.24) is 0 Å². The molecule has 4 aromatic carbocycles. The Labute approximate surface area is 399 Å². The maximum absolute atomic E-state index is 3.95. The molecule has 64 heavy (non-hydrogen) atoms.